The van der Waals surface area contributed by atoms with Crippen molar-refractivity contribution in [1.82, 2.24) is 24.8 Å². The maximum Gasteiger partial charge on any atom is 0.411 e. The number of amides is 1. The number of piperidine rings is 1. The van der Waals surface area contributed by atoms with Gasteiger partial charge in [0.25, 0.3) is 0 Å². The highest BCUT2D eigenvalue weighted by Crippen LogP contribution is 2.33. The summed E-state index contributed by atoms with van der Waals surface area (Å²) in [5.74, 6) is 0.828. The van der Waals surface area contributed by atoms with Crippen LogP contribution in [0, 0.1) is 0 Å². The lowest BCUT2D eigenvalue weighted by Gasteiger charge is -2.38. The zero-order chi connectivity index (χ0) is 23.3. The Balaban J connectivity index is 1.20. The van der Waals surface area contributed by atoms with Gasteiger partial charge in [0.15, 0.2) is 0 Å². The molecular formula is C25H29N7O2. The SMILES string of the molecule is COC(=O)Nc1ccc(-c2cnc(CN(C3CC3)C3CCN(c4ncccn4)CC3)cn2)cc1. The first-order valence-corrected chi connectivity index (χ1v) is 11.7. The standard InChI is InChI=1S/C25H29N7O2/c1-34-25(33)30-19-5-3-18(4-6-19)23-16-28-20(15-29-23)17-32(21-7-8-21)22-9-13-31(14-10-22)24-26-11-2-12-27-24/h2-6,11-12,15-16,21-22H,7-10,13-14,17H2,1H3,(H,30,33). The summed E-state index contributed by atoms with van der Waals surface area (Å²) in [6.07, 6.45) is 11.6. The fourth-order valence-corrected chi connectivity index (χ4v) is 4.48. The van der Waals surface area contributed by atoms with Crippen LogP contribution in [0.25, 0.3) is 11.3 Å². The molecule has 2 fully saturated rings. The lowest BCUT2D eigenvalue weighted by molar-refractivity contribution is 0.149. The van der Waals surface area contributed by atoms with E-state index in [4.69, 9.17) is 4.98 Å². The molecule has 176 valence electrons. The Hall–Kier alpha value is -3.59. The predicted octanol–water partition coefficient (Wildman–Crippen LogP) is 3.75. The Kier molecular flexibility index (Phi) is 6.62. The van der Waals surface area contributed by atoms with Crippen LogP contribution in [0.1, 0.15) is 31.4 Å². The summed E-state index contributed by atoms with van der Waals surface area (Å²) in [5.41, 5.74) is 3.42. The van der Waals surface area contributed by atoms with Gasteiger partial charge in [0.05, 0.1) is 30.9 Å². The van der Waals surface area contributed by atoms with Crippen molar-refractivity contribution in [2.45, 2.75) is 44.3 Å². The van der Waals surface area contributed by atoms with Gasteiger partial charge in [0, 0.05) is 55.4 Å². The smallest absolute Gasteiger partial charge is 0.411 e. The van der Waals surface area contributed by atoms with Crippen LogP contribution >= 0.6 is 0 Å². The molecule has 1 saturated carbocycles. The molecule has 1 saturated heterocycles. The monoisotopic (exact) mass is 459 g/mol. The molecule has 0 atom stereocenters. The number of carbonyl (C=O) groups excluding carboxylic acids is 1. The highest BCUT2D eigenvalue weighted by Gasteiger charge is 2.36. The normalized spacial score (nSPS) is 16.5. The van der Waals surface area contributed by atoms with Crippen LogP contribution in [0.2, 0.25) is 0 Å². The molecule has 34 heavy (non-hydrogen) atoms. The first-order valence-electron chi connectivity index (χ1n) is 11.7. The topological polar surface area (TPSA) is 96.4 Å². The van der Waals surface area contributed by atoms with E-state index >= 15 is 0 Å². The number of nitrogens with one attached hydrogen (secondary N) is 1. The lowest BCUT2D eigenvalue weighted by Crippen LogP contribution is -2.46. The van der Waals surface area contributed by atoms with E-state index in [1.807, 2.05) is 42.7 Å². The molecule has 2 aromatic heterocycles. The van der Waals surface area contributed by atoms with Crippen LogP contribution in [0.5, 0.6) is 0 Å². The number of hydrogen-bond acceptors (Lipinski definition) is 8. The molecule has 3 heterocycles. The first-order chi connectivity index (χ1) is 16.7. The number of hydrogen-bond donors (Lipinski definition) is 1. The molecule has 0 bridgehead atoms. The van der Waals surface area contributed by atoms with Crippen molar-refractivity contribution in [3.05, 3.63) is 60.8 Å². The van der Waals surface area contributed by atoms with Gasteiger partial charge in [-0.25, -0.2) is 14.8 Å². The van der Waals surface area contributed by atoms with Crippen molar-refractivity contribution in [1.29, 1.82) is 0 Å². The van der Waals surface area contributed by atoms with Crippen molar-refractivity contribution >= 4 is 17.7 Å². The minimum absolute atomic E-state index is 0.490. The molecule has 1 amide bonds. The van der Waals surface area contributed by atoms with Gasteiger partial charge in [-0.2, -0.15) is 0 Å². The largest absolute Gasteiger partial charge is 0.453 e. The van der Waals surface area contributed by atoms with Crippen LogP contribution in [0.3, 0.4) is 0 Å². The van der Waals surface area contributed by atoms with Crippen LogP contribution in [0.4, 0.5) is 16.4 Å². The summed E-state index contributed by atoms with van der Waals surface area (Å²) in [4.78, 5) is 34.4. The van der Waals surface area contributed by atoms with Gasteiger partial charge in [0.2, 0.25) is 5.95 Å². The Morgan fingerprint density at radius 1 is 1.00 bits per heavy atom. The van der Waals surface area contributed by atoms with E-state index in [1.165, 1.54) is 20.0 Å². The summed E-state index contributed by atoms with van der Waals surface area (Å²) in [7, 11) is 1.34. The summed E-state index contributed by atoms with van der Waals surface area (Å²) in [6, 6.07) is 10.5. The highest BCUT2D eigenvalue weighted by molar-refractivity contribution is 5.84. The zero-order valence-electron chi connectivity index (χ0n) is 19.3. The number of rotatable bonds is 7. The van der Waals surface area contributed by atoms with Crippen LogP contribution in [-0.2, 0) is 11.3 Å². The molecule has 0 radical (unpaired) electrons. The fourth-order valence-electron chi connectivity index (χ4n) is 4.48. The fraction of sp³-hybridized carbons (Fsp3) is 0.400. The number of methoxy groups -OCH3 is 1. The Morgan fingerprint density at radius 3 is 2.32 bits per heavy atom. The Bertz CT molecular complexity index is 1080. The lowest BCUT2D eigenvalue weighted by atomic mass is 10.0. The van der Waals surface area contributed by atoms with Gasteiger partial charge < -0.3 is 9.64 Å². The second-order valence-electron chi connectivity index (χ2n) is 8.76. The molecule has 1 N–H and O–H groups in total. The van der Waals surface area contributed by atoms with E-state index in [0.717, 1.165) is 55.4 Å². The van der Waals surface area contributed by atoms with E-state index in [1.54, 1.807) is 12.4 Å². The van der Waals surface area contributed by atoms with Crippen molar-refractivity contribution in [3.8, 4) is 11.3 Å². The second-order valence-corrected chi connectivity index (χ2v) is 8.76. The van der Waals surface area contributed by atoms with E-state index in [2.05, 4.69) is 34.8 Å². The third-order valence-corrected chi connectivity index (χ3v) is 6.45. The number of benzene rings is 1. The number of nitrogens with zero attached hydrogens (tertiary/aromatic N) is 6. The molecule has 0 unspecified atom stereocenters. The molecule has 2 aliphatic rings. The van der Waals surface area contributed by atoms with Crippen LogP contribution < -0.4 is 10.2 Å². The molecular weight excluding hydrogens is 430 g/mol. The summed E-state index contributed by atoms with van der Waals surface area (Å²) in [5, 5.41) is 2.65. The maximum atomic E-state index is 11.3. The number of ether oxygens (including phenoxy) is 1. The summed E-state index contributed by atoms with van der Waals surface area (Å²) >= 11 is 0. The van der Waals surface area contributed by atoms with Crippen LogP contribution in [0.15, 0.2) is 55.1 Å². The second kappa shape index (κ2) is 10.1. The average Bonchev–Trinajstić information content (AvgIpc) is 3.74. The number of carbonyl (C=O) groups is 1. The first kappa shape index (κ1) is 22.2. The number of aromatic nitrogens is 4. The molecule has 9 nitrogen and oxygen atoms in total. The molecule has 1 aliphatic carbocycles. The maximum absolute atomic E-state index is 11.3. The van der Waals surface area contributed by atoms with Crippen molar-refractivity contribution in [2.75, 3.05) is 30.4 Å². The van der Waals surface area contributed by atoms with Gasteiger partial charge >= 0.3 is 6.09 Å². The summed E-state index contributed by atoms with van der Waals surface area (Å²) < 4.78 is 4.62. The van der Waals surface area contributed by atoms with E-state index in [-0.39, 0.29) is 0 Å². The molecule has 3 aromatic rings. The zero-order valence-corrected chi connectivity index (χ0v) is 19.3. The van der Waals surface area contributed by atoms with E-state index in [9.17, 15) is 4.79 Å². The van der Waals surface area contributed by atoms with Gasteiger partial charge in [-0.05, 0) is 43.9 Å². The average molecular weight is 460 g/mol. The molecule has 0 spiro atoms. The number of anilines is 2. The van der Waals surface area contributed by atoms with Gasteiger partial charge in [-0.15, -0.1) is 0 Å². The minimum Gasteiger partial charge on any atom is -0.453 e. The Labute approximate surface area is 199 Å². The van der Waals surface area contributed by atoms with Gasteiger partial charge in [-0.1, -0.05) is 12.1 Å². The summed E-state index contributed by atoms with van der Waals surface area (Å²) in [6.45, 7) is 2.78. The van der Waals surface area contributed by atoms with Crippen molar-refractivity contribution in [3.63, 3.8) is 0 Å². The van der Waals surface area contributed by atoms with Crippen molar-refractivity contribution < 1.29 is 9.53 Å². The van der Waals surface area contributed by atoms with Crippen molar-refractivity contribution in [2.24, 2.45) is 0 Å². The third-order valence-electron chi connectivity index (χ3n) is 6.45. The molecule has 1 aromatic carbocycles. The molecule has 1 aliphatic heterocycles. The molecule has 9 heteroatoms. The third kappa shape index (κ3) is 5.31. The Morgan fingerprint density at radius 2 is 1.71 bits per heavy atom. The van der Waals surface area contributed by atoms with E-state index < -0.39 is 6.09 Å². The highest BCUT2D eigenvalue weighted by atomic mass is 16.5. The predicted molar refractivity (Wildman–Crippen MR) is 129 cm³/mol. The van der Waals surface area contributed by atoms with E-state index in [0.29, 0.717) is 17.8 Å². The van der Waals surface area contributed by atoms with Gasteiger partial charge in [-0.3, -0.25) is 20.2 Å². The van der Waals surface area contributed by atoms with Gasteiger partial charge in [0.1, 0.15) is 0 Å². The van der Waals surface area contributed by atoms with Crippen LogP contribution in [-0.4, -0.2) is 63.2 Å². The minimum atomic E-state index is -0.490. The molecule has 5 rings (SSSR count). The quantitative estimate of drug-likeness (QED) is 0.571.